The third-order valence-electron chi connectivity index (χ3n) is 5.33. The minimum absolute atomic E-state index is 0. The van der Waals surface area contributed by atoms with Crippen molar-refractivity contribution in [2.75, 3.05) is 0 Å². The van der Waals surface area contributed by atoms with E-state index in [-0.39, 0.29) is 92.2 Å². The van der Waals surface area contributed by atoms with E-state index in [0.29, 0.717) is 0 Å². The fourth-order valence-electron chi connectivity index (χ4n) is 1.67. The van der Waals surface area contributed by atoms with Gasteiger partial charge in [-0.05, 0) is 0 Å². The fraction of sp³-hybridized carbons (Fsp3) is 0.727. The van der Waals surface area contributed by atoms with Crippen LogP contribution in [0.4, 0.5) is 0 Å². The van der Waals surface area contributed by atoms with Crippen LogP contribution in [0.2, 0.25) is 0 Å². The van der Waals surface area contributed by atoms with Crippen LogP contribution in [0, 0.1) is 73.8 Å². The number of hydrogen-bond donors (Lipinski definition) is 3. The average molecular weight is 694 g/mol. The number of carbonyl (C=O) groups excluding carboxylic acids is 3. The molecule has 0 heterocycles. The molecule has 3 N–H and O–H groups in total. The van der Waals surface area contributed by atoms with Gasteiger partial charge in [0, 0.05) is 92.0 Å². The van der Waals surface area contributed by atoms with Crippen molar-refractivity contribution in [3.05, 3.63) is 35.5 Å². The molecule has 0 rings (SSSR count). The summed E-state index contributed by atoms with van der Waals surface area (Å²) < 4.78 is 0. The van der Waals surface area contributed by atoms with Crippen molar-refractivity contribution >= 4 is 17.3 Å². The predicted octanol–water partition coefficient (Wildman–Crippen LogP) is 9.27. The van der Waals surface area contributed by atoms with Crippen molar-refractivity contribution in [1.29, 1.82) is 0 Å². The van der Waals surface area contributed by atoms with Crippen LogP contribution in [0.1, 0.15) is 125 Å². The standard InChI is InChI=1S/3C11H20O2.Pr/c3*1-10(2,3)8(12)7-9(13)11(4,5)6;/h3*7,12H,1-6H3;. The first-order valence-corrected chi connectivity index (χ1v) is 13.5. The topological polar surface area (TPSA) is 112 Å². The average Bonchev–Trinajstić information content (AvgIpc) is 2.64. The van der Waals surface area contributed by atoms with Gasteiger partial charge in [0.15, 0.2) is 17.3 Å². The largest absolute Gasteiger partial charge is 0.512 e. The molecule has 0 aliphatic heterocycles. The van der Waals surface area contributed by atoms with Crippen molar-refractivity contribution in [2.45, 2.75) is 125 Å². The molecule has 0 aromatic heterocycles. The predicted molar refractivity (Wildman–Crippen MR) is 164 cm³/mol. The van der Waals surface area contributed by atoms with Crippen LogP contribution in [-0.4, -0.2) is 32.7 Å². The van der Waals surface area contributed by atoms with Crippen LogP contribution < -0.4 is 0 Å². The van der Waals surface area contributed by atoms with E-state index in [9.17, 15) is 29.7 Å². The van der Waals surface area contributed by atoms with E-state index in [1.165, 1.54) is 18.2 Å². The second-order valence-corrected chi connectivity index (χ2v) is 16.2. The molecule has 0 saturated heterocycles. The van der Waals surface area contributed by atoms with E-state index >= 15 is 0 Å². The molecule has 0 saturated carbocycles. The Morgan fingerprint density at radius 3 is 0.550 bits per heavy atom. The molecule has 0 amide bonds. The second-order valence-electron chi connectivity index (χ2n) is 16.2. The van der Waals surface area contributed by atoms with Crippen molar-refractivity contribution in [1.82, 2.24) is 0 Å². The van der Waals surface area contributed by atoms with Gasteiger partial charge in [0.2, 0.25) is 0 Å². The second kappa shape index (κ2) is 16.6. The van der Waals surface area contributed by atoms with Crippen LogP contribution >= 0.6 is 0 Å². The van der Waals surface area contributed by atoms with Crippen molar-refractivity contribution in [2.24, 2.45) is 32.5 Å². The van der Waals surface area contributed by atoms with Crippen LogP contribution in [0.5, 0.6) is 0 Å². The van der Waals surface area contributed by atoms with E-state index in [4.69, 9.17) is 0 Å². The van der Waals surface area contributed by atoms with Crippen LogP contribution in [0.3, 0.4) is 0 Å². The van der Waals surface area contributed by atoms with E-state index in [1.807, 2.05) is 125 Å². The van der Waals surface area contributed by atoms with E-state index < -0.39 is 16.2 Å². The molecule has 40 heavy (non-hydrogen) atoms. The van der Waals surface area contributed by atoms with Gasteiger partial charge in [0.05, 0.1) is 0 Å². The first-order chi connectivity index (χ1) is 16.6. The third-order valence-corrected chi connectivity index (χ3v) is 5.33. The monoisotopic (exact) mass is 693 g/mol. The smallest absolute Gasteiger partial charge is 0.164 e. The van der Waals surface area contributed by atoms with Crippen molar-refractivity contribution in [3.63, 3.8) is 0 Å². The first-order valence-electron chi connectivity index (χ1n) is 13.5. The van der Waals surface area contributed by atoms with Gasteiger partial charge in [0.1, 0.15) is 17.3 Å². The van der Waals surface area contributed by atoms with Gasteiger partial charge in [-0.3, -0.25) is 14.4 Å². The Morgan fingerprint density at radius 1 is 0.350 bits per heavy atom. The molecule has 0 aromatic carbocycles. The molecule has 1 radical (unpaired) electrons. The number of rotatable bonds is 3. The van der Waals surface area contributed by atoms with Gasteiger partial charge in [-0.1, -0.05) is 125 Å². The number of hydrogen-bond acceptors (Lipinski definition) is 6. The summed E-state index contributed by atoms with van der Waals surface area (Å²) in [4.78, 5) is 34.5. The minimum atomic E-state index is -0.417. The van der Waals surface area contributed by atoms with Gasteiger partial charge in [-0.15, -0.1) is 0 Å². The normalized spacial score (nSPS) is 14.1. The maximum absolute atomic E-state index is 11.5. The van der Waals surface area contributed by atoms with E-state index in [2.05, 4.69) is 0 Å². The molecule has 7 heteroatoms. The van der Waals surface area contributed by atoms with E-state index in [0.717, 1.165) is 0 Å². The summed E-state index contributed by atoms with van der Waals surface area (Å²) in [6.45, 7) is 33.3. The summed E-state index contributed by atoms with van der Waals surface area (Å²) >= 11 is 0. The summed E-state index contributed by atoms with van der Waals surface area (Å²) in [7, 11) is 0. The molecular formula is C33H60O6Pr. The summed E-state index contributed by atoms with van der Waals surface area (Å²) in [6.07, 6.45) is 4.00. The van der Waals surface area contributed by atoms with Gasteiger partial charge < -0.3 is 15.3 Å². The molecule has 0 unspecified atom stereocenters. The quantitative estimate of drug-likeness (QED) is 0.201. The SMILES string of the molecule is CC(C)(C)C(=O)C=C(O)C(C)(C)C.CC(C)(C)C(=O)C=C(O)C(C)(C)C.CC(C)(C)C(=O)C=C(O)C(C)(C)C.[Pr]. The molecule has 0 fully saturated rings. The molecule has 0 atom stereocenters. The summed E-state index contributed by atoms with van der Waals surface area (Å²) in [5.74, 6) is 0.312. The Labute approximate surface area is 279 Å². The van der Waals surface area contributed by atoms with E-state index in [1.54, 1.807) is 0 Å². The zero-order chi connectivity index (χ0) is 32.6. The molecule has 0 aliphatic carbocycles. The Hall–Kier alpha value is -1.01. The maximum Gasteiger partial charge on any atom is 0.164 e. The number of allylic oxidation sites excluding steroid dienone is 6. The molecule has 231 valence electrons. The van der Waals surface area contributed by atoms with Crippen molar-refractivity contribution in [3.8, 4) is 0 Å². The Morgan fingerprint density at radius 2 is 0.475 bits per heavy atom. The third kappa shape index (κ3) is 21.7. The summed E-state index contributed by atoms with van der Waals surface area (Å²) in [5.41, 5.74) is -2.29. The summed E-state index contributed by atoms with van der Waals surface area (Å²) in [5, 5.41) is 28.7. The number of aliphatic hydroxyl groups excluding tert-OH is 3. The van der Waals surface area contributed by atoms with Gasteiger partial charge in [-0.25, -0.2) is 0 Å². The number of ketones is 3. The zero-order valence-corrected chi connectivity index (χ0v) is 32.6. The zero-order valence-electron chi connectivity index (χ0n) is 28.9. The minimum Gasteiger partial charge on any atom is -0.512 e. The molecular weight excluding hydrogens is 633 g/mol. The fourth-order valence-corrected chi connectivity index (χ4v) is 1.67. The van der Waals surface area contributed by atoms with Crippen LogP contribution in [-0.2, 0) is 14.4 Å². The van der Waals surface area contributed by atoms with Gasteiger partial charge >= 0.3 is 0 Å². The van der Waals surface area contributed by atoms with Crippen LogP contribution in [0.25, 0.3) is 0 Å². The molecule has 0 spiro atoms. The molecule has 0 aliphatic rings. The molecule has 6 nitrogen and oxygen atoms in total. The Balaban J connectivity index is -0.000000240. The maximum atomic E-state index is 11.5. The number of aliphatic hydroxyl groups is 3. The number of carbonyl (C=O) groups is 3. The summed E-state index contributed by atoms with van der Waals surface area (Å²) in [6, 6.07) is 0. The molecule has 0 bridgehead atoms. The Bertz CT molecular complexity index is 801. The van der Waals surface area contributed by atoms with Crippen LogP contribution in [0.15, 0.2) is 35.5 Å². The molecule has 0 aromatic rings. The van der Waals surface area contributed by atoms with Gasteiger partial charge in [0.25, 0.3) is 0 Å². The first kappa shape index (κ1) is 46.0. The Kier molecular flexibility index (Phi) is 19.1. The van der Waals surface area contributed by atoms with Gasteiger partial charge in [-0.2, -0.15) is 0 Å². The van der Waals surface area contributed by atoms with Crippen molar-refractivity contribution < 1.29 is 71.0 Å².